The van der Waals surface area contributed by atoms with Crippen LogP contribution >= 0.6 is 0 Å². The minimum absolute atomic E-state index is 0.150. The number of nitrogens with one attached hydrogen (secondary N) is 1. The molecule has 128 valence electrons. The first-order valence-electron chi connectivity index (χ1n) is 8.63. The fourth-order valence-corrected chi connectivity index (χ4v) is 2.80. The summed E-state index contributed by atoms with van der Waals surface area (Å²) in [5, 5.41) is 2.91. The number of hydrogen-bond acceptors (Lipinski definition) is 3. The number of amides is 1. The van der Waals surface area contributed by atoms with E-state index >= 15 is 0 Å². The van der Waals surface area contributed by atoms with Gasteiger partial charge in [-0.05, 0) is 36.0 Å². The summed E-state index contributed by atoms with van der Waals surface area (Å²) in [6.45, 7) is 6.49. The van der Waals surface area contributed by atoms with Gasteiger partial charge in [0.15, 0.2) is 0 Å². The van der Waals surface area contributed by atoms with Crippen LogP contribution in [0, 0.1) is 5.41 Å². The molecule has 4 heteroatoms. The van der Waals surface area contributed by atoms with Gasteiger partial charge in [-0.2, -0.15) is 0 Å². The zero-order chi connectivity index (χ0) is 16.9. The van der Waals surface area contributed by atoms with Crippen LogP contribution in [0.4, 0.5) is 5.69 Å². The van der Waals surface area contributed by atoms with Crippen molar-refractivity contribution in [1.82, 2.24) is 0 Å². The maximum Gasteiger partial charge on any atom is 0.241 e. The van der Waals surface area contributed by atoms with Crippen molar-refractivity contribution >= 4 is 11.6 Å². The lowest BCUT2D eigenvalue weighted by Crippen LogP contribution is -2.45. The summed E-state index contributed by atoms with van der Waals surface area (Å²) in [6.07, 6.45) is 6.58. The average Bonchev–Trinajstić information content (AvgIpc) is 2.52. The van der Waals surface area contributed by atoms with Crippen LogP contribution in [0.3, 0.4) is 0 Å². The molecule has 0 aromatic heterocycles. The molecule has 0 heterocycles. The van der Waals surface area contributed by atoms with E-state index in [9.17, 15) is 4.79 Å². The Kier molecular flexibility index (Phi) is 6.19. The Morgan fingerprint density at radius 3 is 2.65 bits per heavy atom. The molecule has 0 bridgehead atoms. The lowest BCUT2D eigenvalue weighted by atomic mass is 9.87. The van der Waals surface area contributed by atoms with Crippen LogP contribution in [0.2, 0.25) is 0 Å². The van der Waals surface area contributed by atoms with Gasteiger partial charge in [-0.3, -0.25) is 4.79 Å². The molecule has 1 amide bonds. The highest BCUT2D eigenvalue weighted by Gasteiger charge is 2.27. The van der Waals surface area contributed by atoms with E-state index < -0.39 is 6.04 Å². The molecule has 0 radical (unpaired) electrons. The lowest BCUT2D eigenvalue weighted by molar-refractivity contribution is -0.119. The van der Waals surface area contributed by atoms with Gasteiger partial charge in [0.1, 0.15) is 0 Å². The lowest BCUT2D eigenvalue weighted by Gasteiger charge is -2.26. The molecule has 3 N–H and O–H groups in total. The number of benzene rings is 1. The van der Waals surface area contributed by atoms with E-state index in [-0.39, 0.29) is 11.3 Å². The predicted octanol–water partition coefficient (Wildman–Crippen LogP) is 3.85. The van der Waals surface area contributed by atoms with Crippen LogP contribution in [0.5, 0.6) is 0 Å². The van der Waals surface area contributed by atoms with Crippen molar-refractivity contribution < 1.29 is 9.53 Å². The second kappa shape index (κ2) is 7.93. The summed E-state index contributed by atoms with van der Waals surface area (Å²) >= 11 is 0. The highest BCUT2D eigenvalue weighted by molar-refractivity contribution is 5.95. The number of carbonyl (C=O) groups is 1. The van der Waals surface area contributed by atoms with Crippen molar-refractivity contribution in [2.75, 3.05) is 5.32 Å². The Balaban J connectivity index is 1.90. The van der Waals surface area contributed by atoms with Crippen LogP contribution in [0.25, 0.3) is 0 Å². The summed E-state index contributed by atoms with van der Waals surface area (Å²) in [4.78, 5) is 12.2. The molecular weight excluding hydrogens is 288 g/mol. The minimum Gasteiger partial charge on any atom is -0.374 e. The fourth-order valence-electron chi connectivity index (χ4n) is 2.80. The smallest absolute Gasteiger partial charge is 0.241 e. The van der Waals surface area contributed by atoms with E-state index in [0.717, 1.165) is 24.1 Å². The predicted molar refractivity (Wildman–Crippen MR) is 94.2 cm³/mol. The Morgan fingerprint density at radius 2 is 2.00 bits per heavy atom. The van der Waals surface area contributed by atoms with Crippen molar-refractivity contribution in [1.29, 1.82) is 0 Å². The van der Waals surface area contributed by atoms with Crippen molar-refractivity contribution in [2.24, 2.45) is 11.1 Å². The fraction of sp³-hybridized carbons (Fsp3) is 0.632. The standard InChI is InChI=1S/C19H30N2O2/c1-19(2,3)17(20)18(22)21-15-9-7-8-14(12-15)13-23-16-10-5-4-6-11-16/h7-9,12,16-17H,4-6,10-11,13,20H2,1-3H3,(H,21,22)/t17-/m1/s1. The molecule has 2 rings (SSSR count). The highest BCUT2D eigenvalue weighted by atomic mass is 16.5. The monoisotopic (exact) mass is 318 g/mol. The van der Waals surface area contributed by atoms with Gasteiger partial charge in [-0.15, -0.1) is 0 Å². The van der Waals surface area contributed by atoms with Gasteiger partial charge in [0.25, 0.3) is 0 Å². The molecule has 1 aliphatic rings. The van der Waals surface area contributed by atoms with Crippen molar-refractivity contribution in [3.8, 4) is 0 Å². The quantitative estimate of drug-likeness (QED) is 0.866. The molecule has 0 unspecified atom stereocenters. The molecule has 1 atom stereocenters. The Bertz CT molecular complexity index is 516. The second-order valence-corrected chi connectivity index (χ2v) is 7.60. The third-order valence-corrected chi connectivity index (χ3v) is 4.45. The Morgan fingerprint density at radius 1 is 1.30 bits per heavy atom. The van der Waals surface area contributed by atoms with Gasteiger partial charge in [-0.1, -0.05) is 52.2 Å². The summed E-state index contributed by atoms with van der Waals surface area (Å²) < 4.78 is 5.99. The van der Waals surface area contributed by atoms with Crippen molar-refractivity contribution in [3.05, 3.63) is 29.8 Å². The zero-order valence-electron chi connectivity index (χ0n) is 14.6. The normalized spacial score (nSPS) is 17.7. The molecule has 4 nitrogen and oxygen atoms in total. The average molecular weight is 318 g/mol. The Labute approximate surface area is 139 Å². The third-order valence-electron chi connectivity index (χ3n) is 4.45. The molecule has 0 saturated heterocycles. The van der Waals surface area contributed by atoms with E-state index in [1.54, 1.807) is 0 Å². The molecule has 1 aliphatic carbocycles. The first-order valence-corrected chi connectivity index (χ1v) is 8.63. The Hall–Kier alpha value is -1.39. The van der Waals surface area contributed by atoms with Crippen LogP contribution in [-0.4, -0.2) is 18.1 Å². The van der Waals surface area contributed by atoms with E-state index in [0.29, 0.717) is 12.7 Å². The number of carbonyl (C=O) groups excluding carboxylic acids is 1. The van der Waals surface area contributed by atoms with Crippen LogP contribution in [0.1, 0.15) is 58.4 Å². The van der Waals surface area contributed by atoms with Gasteiger partial charge in [-0.25, -0.2) is 0 Å². The molecular formula is C19H30N2O2. The SMILES string of the molecule is CC(C)(C)[C@H](N)C(=O)Nc1cccc(COC2CCCCC2)c1. The number of hydrogen-bond donors (Lipinski definition) is 2. The van der Waals surface area contributed by atoms with Gasteiger partial charge < -0.3 is 15.8 Å². The maximum absolute atomic E-state index is 12.2. The summed E-state index contributed by atoms with van der Waals surface area (Å²) in [7, 11) is 0. The summed E-state index contributed by atoms with van der Waals surface area (Å²) in [5.74, 6) is -0.150. The van der Waals surface area contributed by atoms with Gasteiger partial charge in [0, 0.05) is 5.69 Å². The van der Waals surface area contributed by atoms with E-state index in [1.165, 1.54) is 19.3 Å². The van der Waals surface area contributed by atoms with E-state index in [2.05, 4.69) is 5.32 Å². The minimum atomic E-state index is -0.537. The molecule has 1 aromatic rings. The van der Waals surface area contributed by atoms with Crippen LogP contribution < -0.4 is 11.1 Å². The van der Waals surface area contributed by atoms with Crippen molar-refractivity contribution in [3.63, 3.8) is 0 Å². The van der Waals surface area contributed by atoms with Gasteiger partial charge in [0.05, 0.1) is 18.8 Å². The molecule has 23 heavy (non-hydrogen) atoms. The number of anilines is 1. The van der Waals surface area contributed by atoms with Crippen molar-refractivity contribution in [2.45, 2.75) is 71.6 Å². The maximum atomic E-state index is 12.2. The van der Waals surface area contributed by atoms with E-state index in [4.69, 9.17) is 10.5 Å². The first-order chi connectivity index (χ1) is 10.9. The molecule has 1 fully saturated rings. The highest BCUT2D eigenvalue weighted by Crippen LogP contribution is 2.22. The number of nitrogens with two attached hydrogens (primary N) is 1. The first kappa shape index (κ1) is 18.0. The molecule has 0 aliphatic heterocycles. The topological polar surface area (TPSA) is 64.4 Å². The van der Waals surface area contributed by atoms with Crippen LogP contribution in [0.15, 0.2) is 24.3 Å². The number of ether oxygens (including phenoxy) is 1. The second-order valence-electron chi connectivity index (χ2n) is 7.60. The molecule has 1 aromatic carbocycles. The summed E-state index contributed by atoms with van der Waals surface area (Å²) in [5.41, 5.74) is 7.60. The van der Waals surface area contributed by atoms with E-state index in [1.807, 2.05) is 45.0 Å². The molecule has 0 spiro atoms. The molecule has 1 saturated carbocycles. The third kappa shape index (κ3) is 5.63. The van der Waals surface area contributed by atoms with Gasteiger partial charge >= 0.3 is 0 Å². The van der Waals surface area contributed by atoms with Gasteiger partial charge in [0.2, 0.25) is 5.91 Å². The van der Waals surface area contributed by atoms with Crippen LogP contribution in [-0.2, 0) is 16.1 Å². The summed E-state index contributed by atoms with van der Waals surface area (Å²) in [6, 6.07) is 7.29. The zero-order valence-corrected chi connectivity index (χ0v) is 14.6. The largest absolute Gasteiger partial charge is 0.374 e. The number of rotatable bonds is 5.